The van der Waals surface area contributed by atoms with Gasteiger partial charge >= 0.3 is 0 Å². The summed E-state index contributed by atoms with van der Waals surface area (Å²) in [6.45, 7) is 6.15. The highest BCUT2D eigenvalue weighted by molar-refractivity contribution is 7.91. The minimum Gasteiger partial charge on any atom is -0.491 e. The summed E-state index contributed by atoms with van der Waals surface area (Å²) in [6.07, 6.45) is 2.07. The highest BCUT2D eigenvalue weighted by Crippen LogP contribution is 2.23. The van der Waals surface area contributed by atoms with E-state index in [1.54, 1.807) is 6.92 Å². The van der Waals surface area contributed by atoms with E-state index in [0.717, 1.165) is 16.7 Å². The Morgan fingerprint density at radius 3 is 2.65 bits per heavy atom. The first-order valence-electron chi connectivity index (χ1n) is 6.87. The molecule has 0 fully saturated rings. The van der Waals surface area contributed by atoms with E-state index < -0.39 is 9.84 Å². The molecular formula is C15H21NO3S. The Kier molecular flexibility index (Phi) is 4.38. The summed E-state index contributed by atoms with van der Waals surface area (Å²) in [7, 11) is -2.93. The number of ether oxygens (including phenoxy) is 1. The van der Waals surface area contributed by atoms with Crippen LogP contribution in [0.2, 0.25) is 0 Å². The van der Waals surface area contributed by atoms with Gasteiger partial charge in [0, 0.05) is 29.4 Å². The van der Waals surface area contributed by atoms with E-state index in [2.05, 4.69) is 0 Å². The van der Waals surface area contributed by atoms with E-state index in [0.29, 0.717) is 6.54 Å². The Balaban J connectivity index is 2.20. The van der Waals surface area contributed by atoms with Gasteiger partial charge in [0.15, 0.2) is 9.84 Å². The van der Waals surface area contributed by atoms with Gasteiger partial charge in [-0.05, 0) is 38.1 Å². The minimum atomic E-state index is -2.93. The maximum absolute atomic E-state index is 11.6. The average Bonchev–Trinajstić information content (AvgIpc) is 2.78. The topological polar surface area (TPSA) is 48.3 Å². The van der Waals surface area contributed by atoms with Gasteiger partial charge in [0.25, 0.3) is 0 Å². The zero-order chi connectivity index (χ0) is 14.8. The van der Waals surface area contributed by atoms with Gasteiger partial charge in [-0.2, -0.15) is 0 Å². The van der Waals surface area contributed by atoms with Crippen molar-refractivity contribution in [2.45, 2.75) is 33.4 Å². The van der Waals surface area contributed by atoms with Crippen LogP contribution in [0.5, 0.6) is 5.75 Å². The normalized spacial score (nSPS) is 12.2. The lowest BCUT2D eigenvalue weighted by Gasteiger charge is -2.10. The highest BCUT2D eigenvalue weighted by Gasteiger charge is 2.09. The predicted molar refractivity (Wildman–Crippen MR) is 82.0 cm³/mol. The molecule has 0 atom stereocenters. The minimum absolute atomic E-state index is 0.143. The van der Waals surface area contributed by atoms with Crippen LogP contribution in [0.15, 0.2) is 30.5 Å². The predicted octanol–water partition coefficient (Wildman–Crippen LogP) is 2.86. The number of hydrogen-bond acceptors (Lipinski definition) is 3. The lowest BCUT2D eigenvalue weighted by Crippen LogP contribution is -2.14. The molecule has 0 spiro atoms. The summed E-state index contributed by atoms with van der Waals surface area (Å²) < 4.78 is 30.8. The Morgan fingerprint density at radius 2 is 2.00 bits per heavy atom. The molecule has 2 rings (SSSR count). The molecule has 0 aliphatic rings. The first-order chi connectivity index (χ1) is 9.41. The second kappa shape index (κ2) is 5.87. The largest absolute Gasteiger partial charge is 0.491 e. The van der Waals surface area contributed by atoms with Gasteiger partial charge in [0.05, 0.1) is 11.9 Å². The Bertz CT molecular complexity index is 686. The fourth-order valence-electron chi connectivity index (χ4n) is 2.10. The molecule has 1 aromatic heterocycles. The summed E-state index contributed by atoms with van der Waals surface area (Å²) in [4.78, 5) is 0. The molecule has 20 heavy (non-hydrogen) atoms. The summed E-state index contributed by atoms with van der Waals surface area (Å²) in [6, 6.07) is 7.88. The van der Waals surface area contributed by atoms with Gasteiger partial charge in [0.2, 0.25) is 0 Å². The van der Waals surface area contributed by atoms with Crippen LogP contribution in [0.1, 0.15) is 20.8 Å². The molecule has 1 heterocycles. The van der Waals surface area contributed by atoms with Crippen LogP contribution in [0, 0.1) is 0 Å². The molecule has 0 N–H and O–H groups in total. The number of hydrogen-bond donors (Lipinski definition) is 0. The van der Waals surface area contributed by atoms with Gasteiger partial charge < -0.3 is 9.30 Å². The van der Waals surface area contributed by atoms with Crippen LogP contribution in [-0.2, 0) is 16.4 Å². The van der Waals surface area contributed by atoms with Crippen LogP contribution < -0.4 is 4.74 Å². The summed E-state index contributed by atoms with van der Waals surface area (Å²) >= 11 is 0. The van der Waals surface area contributed by atoms with Crippen molar-refractivity contribution in [3.05, 3.63) is 30.5 Å². The molecule has 5 heteroatoms. The molecule has 0 radical (unpaired) electrons. The molecule has 0 unspecified atom stereocenters. The van der Waals surface area contributed by atoms with Crippen molar-refractivity contribution in [1.29, 1.82) is 0 Å². The second-order valence-corrected chi connectivity index (χ2v) is 7.61. The summed E-state index contributed by atoms with van der Waals surface area (Å²) in [5, 5.41) is 1.07. The molecule has 2 aromatic rings. The monoisotopic (exact) mass is 295 g/mol. The van der Waals surface area contributed by atoms with Gasteiger partial charge in [-0.25, -0.2) is 8.42 Å². The van der Waals surface area contributed by atoms with Crippen molar-refractivity contribution < 1.29 is 13.2 Å². The molecule has 4 nitrogen and oxygen atoms in total. The lowest BCUT2D eigenvalue weighted by atomic mass is 10.2. The van der Waals surface area contributed by atoms with E-state index in [4.69, 9.17) is 4.74 Å². The average molecular weight is 295 g/mol. The first-order valence-corrected chi connectivity index (χ1v) is 8.69. The van der Waals surface area contributed by atoms with Crippen molar-refractivity contribution >= 4 is 20.7 Å². The molecular weight excluding hydrogens is 274 g/mol. The third-order valence-electron chi connectivity index (χ3n) is 3.20. The standard InChI is InChI=1S/C15H21NO3S/c1-4-20(17,18)10-9-16-8-7-13-11-14(19-12(2)3)5-6-15(13)16/h5-8,11-12H,4,9-10H2,1-3H3. The Hall–Kier alpha value is -1.49. The van der Waals surface area contributed by atoms with Gasteiger partial charge in [-0.15, -0.1) is 0 Å². The van der Waals surface area contributed by atoms with E-state index >= 15 is 0 Å². The smallest absolute Gasteiger partial charge is 0.151 e. The van der Waals surface area contributed by atoms with E-state index in [1.165, 1.54) is 0 Å². The van der Waals surface area contributed by atoms with Crippen molar-refractivity contribution in [3.8, 4) is 5.75 Å². The highest BCUT2D eigenvalue weighted by atomic mass is 32.2. The number of aromatic nitrogens is 1. The lowest BCUT2D eigenvalue weighted by molar-refractivity contribution is 0.243. The van der Waals surface area contributed by atoms with Crippen LogP contribution >= 0.6 is 0 Å². The first kappa shape index (κ1) is 14.9. The summed E-state index contributed by atoms with van der Waals surface area (Å²) in [5.41, 5.74) is 1.03. The third kappa shape index (κ3) is 3.54. The van der Waals surface area contributed by atoms with Crippen molar-refractivity contribution in [1.82, 2.24) is 4.57 Å². The molecule has 0 saturated carbocycles. The second-order valence-electron chi connectivity index (χ2n) is 5.13. The summed E-state index contributed by atoms with van der Waals surface area (Å²) in [5.74, 6) is 1.21. The zero-order valence-corrected chi connectivity index (χ0v) is 13.0. The van der Waals surface area contributed by atoms with Crippen molar-refractivity contribution in [3.63, 3.8) is 0 Å². The number of fused-ring (bicyclic) bond motifs is 1. The van der Waals surface area contributed by atoms with E-state index in [9.17, 15) is 8.42 Å². The van der Waals surface area contributed by atoms with Gasteiger partial charge in [-0.3, -0.25) is 0 Å². The van der Waals surface area contributed by atoms with Gasteiger partial charge in [-0.1, -0.05) is 6.92 Å². The van der Waals surface area contributed by atoms with Crippen molar-refractivity contribution in [2.75, 3.05) is 11.5 Å². The van der Waals surface area contributed by atoms with Gasteiger partial charge in [0.1, 0.15) is 5.75 Å². The van der Waals surface area contributed by atoms with Crippen molar-refractivity contribution in [2.24, 2.45) is 0 Å². The fourth-order valence-corrected chi connectivity index (χ4v) is 2.86. The quantitative estimate of drug-likeness (QED) is 0.823. The van der Waals surface area contributed by atoms with Crippen LogP contribution in [0.25, 0.3) is 10.9 Å². The molecule has 1 aromatic carbocycles. The Labute approximate surface area is 120 Å². The number of aryl methyl sites for hydroxylation is 1. The Morgan fingerprint density at radius 1 is 1.25 bits per heavy atom. The molecule has 110 valence electrons. The SMILES string of the molecule is CCS(=O)(=O)CCn1ccc2cc(OC(C)C)ccc21. The molecule has 0 aliphatic carbocycles. The molecule has 0 bridgehead atoms. The van der Waals surface area contributed by atoms with Crippen LogP contribution in [0.3, 0.4) is 0 Å². The third-order valence-corrected chi connectivity index (χ3v) is 4.88. The fraction of sp³-hybridized carbons (Fsp3) is 0.467. The maximum atomic E-state index is 11.6. The maximum Gasteiger partial charge on any atom is 0.151 e. The van der Waals surface area contributed by atoms with E-state index in [-0.39, 0.29) is 17.6 Å². The van der Waals surface area contributed by atoms with Crippen LogP contribution in [0.4, 0.5) is 0 Å². The molecule has 0 saturated heterocycles. The molecule has 0 amide bonds. The van der Waals surface area contributed by atoms with Crippen LogP contribution in [-0.4, -0.2) is 30.6 Å². The number of nitrogens with zero attached hydrogens (tertiary/aromatic N) is 1. The van der Waals surface area contributed by atoms with E-state index in [1.807, 2.05) is 48.9 Å². The number of benzene rings is 1. The number of sulfone groups is 1. The zero-order valence-electron chi connectivity index (χ0n) is 12.2. The number of rotatable bonds is 6. The molecule has 0 aliphatic heterocycles.